The van der Waals surface area contributed by atoms with Crippen molar-refractivity contribution >= 4 is 13.1 Å². The zero-order valence-corrected chi connectivity index (χ0v) is 9.04. The molecule has 1 aliphatic rings. The van der Waals surface area contributed by atoms with Gasteiger partial charge in [-0.3, -0.25) is 4.79 Å². The normalized spacial score (nSPS) is 34.8. The van der Waals surface area contributed by atoms with E-state index in [-0.39, 0.29) is 18.7 Å². The highest BCUT2D eigenvalue weighted by Crippen LogP contribution is 2.34. The molecule has 0 spiro atoms. The van der Waals surface area contributed by atoms with Gasteiger partial charge in [-0.05, 0) is 31.5 Å². The van der Waals surface area contributed by atoms with Crippen LogP contribution < -0.4 is 5.73 Å². The number of aliphatic hydroxyl groups excluding tert-OH is 1. The van der Waals surface area contributed by atoms with Crippen LogP contribution in [0.15, 0.2) is 0 Å². The lowest BCUT2D eigenvalue weighted by atomic mass is 9.70. The van der Waals surface area contributed by atoms with Crippen LogP contribution in [-0.4, -0.2) is 45.0 Å². The van der Waals surface area contributed by atoms with Crippen molar-refractivity contribution in [3.05, 3.63) is 0 Å². The second-order valence-electron chi connectivity index (χ2n) is 4.57. The van der Waals surface area contributed by atoms with Crippen molar-refractivity contribution in [2.75, 3.05) is 0 Å². The van der Waals surface area contributed by atoms with E-state index in [0.717, 1.165) is 0 Å². The fourth-order valence-corrected chi connectivity index (χ4v) is 2.23. The molecule has 7 heteroatoms. The third kappa shape index (κ3) is 2.94. The van der Waals surface area contributed by atoms with E-state index >= 15 is 0 Å². The van der Waals surface area contributed by atoms with Gasteiger partial charge in [-0.15, -0.1) is 0 Å². The van der Waals surface area contributed by atoms with E-state index in [2.05, 4.69) is 0 Å². The highest BCUT2D eigenvalue weighted by atomic mass is 16.4. The van der Waals surface area contributed by atoms with Crippen LogP contribution in [-0.2, 0) is 4.79 Å². The van der Waals surface area contributed by atoms with E-state index in [1.54, 1.807) is 0 Å². The average Bonchev–Trinajstić information content (AvgIpc) is 2.19. The summed E-state index contributed by atoms with van der Waals surface area (Å²) >= 11 is 0. The molecular weight excluding hydrogens is 213 g/mol. The molecule has 1 saturated carbocycles. The first-order valence-corrected chi connectivity index (χ1v) is 5.42. The molecule has 0 bridgehead atoms. The van der Waals surface area contributed by atoms with Gasteiger partial charge < -0.3 is 26.0 Å². The van der Waals surface area contributed by atoms with E-state index in [4.69, 9.17) is 20.9 Å². The molecule has 0 amide bonds. The average molecular weight is 231 g/mol. The number of carboxylic acids is 1. The SMILES string of the molecule is N[C@@]1(C(=O)O)CC(CCB(O)O)CC[C@H]1O. The van der Waals surface area contributed by atoms with Crippen molar-refractivity contribution in [1.82, 2.24) is 0 Å². The first kappa shape index (κ1) is 13.4. The van der Waals surface area contributed by atoms with E-state index in [1.807, 2.05) is 0 Å². The molecule has 0 heterocycles. The Kier molecular flexibility index (Phi) is 4.31. The summed E-state index contributed by atoms with van der Waals surface area (Å²) in [6.45, 7) is 0. The van der Waals surface area contributed by atoms with Crippen LogP contribution in [0.3, 0.4) is 0 Å². The molecule has 1 aliphatic carbocycles. The third-order valence-corrected chi connectivity index (χ3v) is 3.30. The summed E-state index contributed by atoms with van der Waals surface area (Å²) in [6.07, 6.45) is 0.874. The molecule has 0 aromatic heterocycles. The minimum atomic E-state index is -1.59. The van der Waals surface area contributed by atoms with Crippen LogP contribution in [0.25, 0.3) is 0 Å². The Morgan fingerprint density at radius 2 is 2.06 bits per heavy atom. The summed E-state index contributed by atoms with van der Waals surface area (Å²) in [5.74, 6) is -1.18. The number of hydrogen-bond acceptors (Lipinski definition) is 5. The highest BCUT2D eigenvalue weighted by molar-refractivity contribution is 6.40. The van der Waals surface area contributed by atoms with Gasteiger partial charge in [0.25, 0.3) is 0 Å². The van der Waals surface area contributed by atoms with Gasteiger partial charge in [-0.1, -0.05) is 6.42 Å². The topological polar surface area (TPSA) is 124 Å². The number of nitrogens with two attached hydrogens (primary N) is 1. The number of carboxylic acid groups (broad SMARTS) is 1. The van der Waals surface area contributed by atoms with Gasteiger partial charge in [-0.2, -0.15) is 0 Å². The minimum Gasteiger partial charge on any atom is -0.480 e. The van der Waals surface area contributed by atoms with Crippen LogP contribution in [0.4, 0.5) is 0 Å². The Balaban J connectivity index is 2.57. The van der Waals surface area contributed by atoms with Gasteiger partial charge in [0.2, 0.25) is 0 Å². The third-order valence-electron chi connectivity index (χ3n) is 3.30. The Morgan fingerprint density at radius 3 is 2.56 bits per heavy atom. The molecule has 0 aromatic rings. The van der Waals surface area contributed by atoms with E-state index in [9.17, 15) is 9.90 Å². The number of carbonyl (C=O) groups is 1. The van der Waals surface area contributed by atoms with Crippen molar-refractivity contribution in [1.29, 1.82) is 0 Å². The van der Waals surface area contributed by atoms with Crippen LogP contribution in [0.2, 0.25) is 6.32 Å². The van der Waals surface area contributed by atoms with Crippen molar-refractivity contribution in [2.45, 2.75) is 43.6 Å². The van der Waals surface area contributed by atoms with Crippen molar-refractivity contribution in [3.63, 3.8) is 0 Å². The standard InChI is InChI=1S/C9H18BNO5/c11-9(8(13)14)5-6(1-2-7(9)12)3-4-10(15)16/h6-7,12,15-16H,1-5,11H2,(H,13,14)/t6?,7-,9+/m1/s1. The second-order valence-corrected chi connectivity index (χ2v) is 4.57. The minimum absolute atomic E-state index is 0.0197. The fraction of sp³-hybridized carbons (Fsp3) is 0.889. The second kappa shape index (κ2) is 5.14. The van der Waals surface area contributed by atoms with Crippen molar-refractivity contribution in [3.8, 4) is 0 Å². The van der Waals surface area contributed by atoms with Crippen LogP contribution in [0.1, 0.15) is 25.7 Å². The van der Waals surface area contributed by atoms with Gasteiger partial charge in [-0.25, -0.2) is 0 Å². The lowest BCUT2D eigenvalue weighted by Gasteiger charge is -2.38. The Labute approximate surface area is 94.2 Å². The maximum atomic E-state index is 11.0. The maximum absolute atomic E-state index is 11.0. The summed E-state index contributed by atoms with van der Waals surface area (Å²) in [7, 11) is -1.37. The molecule has 0 saturated heterocycles. The van der Waals surface area contributed by atoms with Crippen molar-refractivity contribution < 1.29 is 25.1 Å². The first-order valence-electron chi connectivity index (χ1n) is 5.42. The summed E-state index contributed by atoms with van der Waals surface area (Å²) in [5, 5.41) is 36.0. The Bertz CT molecular complexity index is 262. The molecule has 6 N–H and O–H groups in total. The molecule has 1 fully saturated rings. The van der Waals surface area contributed by atoms with Crippen LogP contribution in [0.5, 0.6) is 0 Å². The van der Waals surface area contributed by atoms with Gasteiger partial charge >= 0.3 is 13.1 Å². The molecule has 1 unspecified atom stereocenters. The van der Waals surface area contributed by atoms with Gasteiger partial charge in [0.15, 0.2) is 0 Å². The predicted molar refractivity (Wildman–Crippen MR) is 57.5 cm³/mol. The molecule has 92 valence electrons. The molecule has 0 aliphatic heterocycles. The van der Waals surface area contributed by atoms with Gasteiger partial charge in [0.1, 0.15) is 5.54 Å². The molecule has 6 nitrogen and oxygen atoms in total. The zero-order valence-electron chi connectivity index (χ0n) is 9.04. The first-order chi connectivity index (χ1) is 7.36. The predicted octanol–water partition coefficient (Wildman–Crippen LogP) is -1.21. The Morgan fingerprint density at radius 1 is 1.44 bits per heavy atom. The van der Waals surface area contributed by atoms with Crippen LogP contribution in [0, 0.1) is 5.92 Å². The molecular formula is C9H18BNO5. The van der Waals surface area contributed by atoms with Gasteiger partial charge in [0.05, 0.1) is 6.10 Å². The molecule has 16 heavy (non-hydrogen) atoms. The number of aliphatic hydroxyl groups is 1. The monoisotopic (exact) mass is 231 g/mol. The lowest BCUT2D eigenvalue weighted by molar-refractivity contribution is -0.151. The highest BCUT2D eigenvalue weighted by Gasteiger charge is 2.46. The largest absolute Gasteiger partial charge is 0.480 e. The quantitative estimate of drug-likeness (QED) is 0.387. The smallest absolute Gasteiger partial charge is 0.451 e. The van der Waals surface area contributed by atoms with Crippen molar-refractivity contribution in [2.24, 2.45) is 11.7 Å². The molecule has 3 atom stereocenters. The maximum Gasteiger partial charge on any atom is 0.451 e. The summed E-state index contributed by atoms with van der Waals surface area (Å²) in [6, 6.07) is 0. The Hall–Kier alpha value is -0.625. The number of hydrogen-bond donors (Lipinski definition) is 5. The van der Waals surface area contributed by atoms with Gasteiger partial charge in [0, 0.05) is 0 Å². The number of aliphatic carboxylic acids is 1. The lowest BCUT2D eigenvalue weighted by Crippen LogP contribution is -2.60. The zero-order chi connectivity index (χ0) is 12.3. The van der Waals surface area contributed by atoms with E-state index < -0.39 is 24.7 Å². The van der Waals surface area contributed by atoms with E-state index in [0.29, 0.717) is 19.3 Å². The summed E-state index contributed by atoms with van der Waals surface area (Å²) in [4.78, 5) is 11.0. The molecule has 0 aromatic carbocycles. The fourth-order valence-electron chi connectivity index (χ4n) is 2.23. The van der Waals surface area contributed by atoms with E-state index in [1.165, 1.54) is 0 Å². The molecule has 0 radical (unpaired) electrons. The summed E-state index contributed by atoms with van der Waals surface area (Å²) < 4.78 is 0. The summed E-state index contributed by atoms with van der Waals surface area (Å²) in [5.41, 5.74) is 4.07. The molecule has 1 rings (SSSR count). The van der Waals surface area contributed by atoms with Crippen LogP contribution >= 0.6 is 0 Å². The number of rotatable bonds is 4.